The molecule has 3 aromatic rings. The van der Waals surface area contributed by atoms with Gasteiger partial charge in [-0.1, -0.05) is 0 Å². The van der Waals surface area contributed by atoms with Gasteiger partial charge in [0, 0.05) is 26.0 Å². The molecular weight excluding hydrogens is 385 g/mol. The summed E-state index contributed by atoms with van der Waals surface area (Å²) in [6.07, 6.45) is 3.03. The van der Waals surface area contributed by atoms with E-state index in [4.69, 9.17) is 4.74 Å². The number of ether oxygens (including phenoxy) is 1. The molecule has 0 aliphatic heterocycles. The molecule has 2 aromatic carbocycles. The Morgan fingerprint density at radius 1 is 1.11 bits per heavy atom. The number of aryl methyl sites for hydroxylation is 1. The van der Waals surface area contributed by atoms with Crippen LogP contribution in [0.4, 0.5) is 10.1 Å². The third kappa shape index (κ3) is 3.89. The number of hydrogen-bond acceptors (Lipinski definition) is 5. The second-order valence-corrected chi connectivity index (χ2v) is 7.82. The van der Waals surface area contributed by atoms with Crippen LogP contribution in [0.25, 0.3) is 0 Å². The molecule has 3 rings (SSSR count). The lowest BCUT2D eigenvalue weighted by Crippen LogP contribution is -2.26. The first kappa shape index (κ1) is 19.6. The van der Waals surface area contributed by atoms with Crippen molar-refractivity contribution in [1.29, 1.82) is 0 Å². The number of anilines is 1. The predicted molar refractivity (Wildman–Crippen MR) is 103 cm³/mol. The zero-order chi connectivity index (χ0) is 20.3. The van der Waals surface area contributed by atoms with E-state index in [1.54, 1.807) is 6.20 Å². The van der Waals surface area contributed by atoms with E-state index in [-0.39, 0.29) is 16.3 Å². The lowest BCUT2D eigenvalue weighted by molar-refractivity contribution is 0.445. The second-order valence-electron chi connectivity index (χ2n) is 5.85. The Kier molecular flexibility index (Phi) is 5.46. The van der Waals surface area contributed by atoms with Crippen molar-refractivity contribution in [2.24, 2.45) is 0 Å². The van der Waals surface area contributed by atoms with E-state index >= 15 is 0 Å². The zero-order valence-electron chi connectivity index (χ0n) is 15.2. The van der Waals surface area contributed by atoms with E-state index < -0.39 is 15.8 Å². The highest BCUT2D eigenvalue weighted by molar-refractivity contribution is 7.92. The summed E-state index contributed by atoms with van der Waals surface area (Å²) < 4.78 is 46.4. The lowest BCUT2D eigenvalue weighted by Gasteiger charge is -2.19. The molecular formula is C19H18FN3O4S. The molecule has 28 heavy (non-hydrogen) atoms. The normalized spacial score (nSPS) is 11.2. The minimum atomic E-state index is -3.84. The van der Waals surface area contributed by atoms with Crippen LogP contribution in [0.15, 0.2) is 70.6 Å². The molecule has 0 bridgehead atoms. The van der Waals surface area contributed by atoms with E-state index in [0.29, 0.717) is 18.0 Å². The van der Waals surface area contributed by atoms with Crippen molar-refractivity contribution in [3.63, 3.8) is 0 Å². The highest BCUT2D eigenvalue weighted by Gasteiger charge is 2.21. The molecule has 0 N–H and O–H groups in total. The Labute approximate surface area is 161 Å². The van der Waals surface area contributed by atoms with E-state index in [1.807, 2.05) is 6.92 Å². The Hall–Kier alpha value is -3.20. The summed E-state index contributed by atoms with van der Waals surface area (Å²) in [5.41, 5.74) is 0.0220. The van der Waals surface area contributed by atoms with Crippen LogP contribution in [0.5, 0.6) is 11.6 Å². The number of benzene rings is 2. The molecule has 0 aliphatic carbocycles. The van der Waals surface area contributed by atoms with E-state index in [1.165, 1.54) is 54.2 Å². The maximum Gasteiger partial charge on any atom is 0.313 e. The van der Waals surface area contributed by atoms with Gasteiger partial charge in [-0.05, 0) is 55.5 Å². The van der Waals surface area contributed by atoms with E-state index in [0.717, 1.165) is 16.4 Å². The monoisotopic (exact) mass is 403 g/mol. The van der Waals surface area contributed by atoms with Gasteiger partial charge in [0.25, 0.3) is 15.9 Å². The van der Waals surface area contributed by atoms with Gasteiger partial charge in [-0.3, -0.25) is 9.10 Å². The topological polar surface area (TPSA) is 81.5 Å². The fourth-order valence-electron chi connectivity index (χ4n) is 2.49. The summed E-state index contributed by atoms with van der Waals surface area (Å²) >= 11 is 0. The summed E-state index contributed by atoms with van der Waals surface area (Å²) in [7, 11) is -2.44. The molecule has 0 saturated heterocycles. The number of aromatic nitrogens is 2. The molecule has 0 fully saturated rings. The van der Waals surface area contributed by atoms with Crippen LogP contribution < -0.4 is 14.6 Å². The van der Waals surface area contributed by atoms with Crippen molar-refractivity contribution < 1.29 is 17.5 Å². The predicted octanol–water partition coefficient (Wildman–Crippen LogP) is 3.02. The van der Waals surface area contributed by atoms with Gasteiger partial charge in [0.2, 0.25) is 0 Å². The molecule has 1 aromatic heterocycles. The molecule has 0 spiro atoms. The first-order valence-electron chi connectivity index (χ1n) is 8.41. The quantitative estimate of drug-likeness (QED) is 0.632. The fourth-order valence-corrected chi connectivity index (χ4v) is 3.68. The van der Waals surface area contributed by atoms with Crippen LogP contribution in [0, 0.1) is 5.82 Å². The molecule has 0 unspecified atom stereocenters. The standard InChI is InChI=1S/C19H18FN3O4S/c1-3-23-13-12-21-18(19(23)24)27-16-8-6-15(7-9-16)22(2)28(25,26)17-10-4-14(20)5-11-17/h4-13H,3H2,1-2H3. The first-order chi connectivity index (χ1) is 13.3. The lowest BCUT2D eigenvalue weighted by atomic mass is 10.3. The van der Waals surface area contributed by atoms with Gasteiger partial charge in [0.05, 0.1) is 10.6 Å². The molecule has 0 amide bonds. The maximum atomic E-state index is 13.0. The van der Waals surface area contributed by atoms with Crippen LogP contribution in [0.2, 0.25) is 0 Å². The van der Waals surface area contributed by atoms with Crippen molar-refractivity contribution in [2.75, 3.05) is 11.4 Å². The summed E-state index contributed by atoms with van der Waals surface area (Å²) in [4.78, 5) is 16.1. The number of rotatable bonds is 6. The minimum absolute atomic E-state index is 0.0228. The average molecular weight is 403 g/mol. The third-order valence-electron chi connectivity index (χ3n) is 4.11. The fraction of sp³-hybridized carbons (Fsp3) is 0.158. The molecule has 0 radical (unpaired) electrons. The van der Waals surface area contributed by atoms with Crippen LogP contribution >= 0.6 is 0 Å². The highest BCUT2D eigenvalue weighted by Crippen LogP contribution is 2.25. The molecule has 0 aliphatic rings. The van der Waals surface area contributed by atoms with Gasteiger partial charge in [0.1, 0.15) is 11.6 Å². The van der Waals surface area contributed by atoms with E-state index in [2.05, 4.69) is 4.98 Å². The van der Waals surface area contributed by atoms with E-state index in [9.17, 15) is 17.6 Å². The number of sulfonamides is 1. The molecule has 0 saturated carbocycles. The second kappa shape index (κ2) is 7.81. The van der Waals surface area contributed by atoms with Crippen LogP contribution in [0.1, 0.15) is 6.92 Å². The number of hydrogen-bond donors (Lipinski definition) is 0. The Morgan fingerprint density at radius 3 is 2.36 bits per heavy atom. The summed E-state index contributed by atoms with van der Waals surface area (Å²) in [5.74, 6) is -0.237. The Balaban J connectivity index is 1.82. The minimum Gasteiger partial charge on any atom is -0.435 e. The Morgan fingerprint density at radius 2 is 1.75 bits per heavy atom. The van der Waals surface area contributed by atoms with Crippen LogP contribution in [0.3, 0.4) is 0 Å². The van der Waals surface area contributed by atoms with Crippen molar-refractivity contribution in [3.05, 3.63) is 77.1 Å². The smallest absolute Gasteiger partial charge is 0.313 e. The summed E-state index contributed by atoms with van der Waals surface area (Å²) in [5, 5.41) is 0. The van der Waals surface area contributed by atoms with Crippen molar-refractivity contribution in [1.82, 2.24) is 9.55 Å². The van der Waals surface area contributed by atoms with Crippen molar-refractivity contribution in [2.45, 2.75) is 18.4 Å². The number of halogens is 1. The van der Waals surface area contributed by atoms with Gasteiger partial charge < -0.3 is 9.30 Å². The highest BCUT2D eigenvalue weighted by atomic mass is 32.2. The largest absolute Gasteiger partial charge is 0.435 e. The molecule has 1 heterocycles. The maximum absolute atomic E-state index is 13.0. The van der Waals surface area contributed by atoms with Crippen molar-refractivity contribution >= 4 is 15.7 Å². The third-order valence-corrected chi connectivity index (χ3v) is 5.91. The van der Waals surface area contributed by atoms with Gasteiger partial charge >= 0.3 is 5.56 Å². The first-order valence-corrected chi connectivity index (χ1v) is 9.85. The number of nitrogens with zero attached hydrogens (tertiary/aromatic N) is 3. The zero-order valence-corrected chi connectivity index (χ0v) is 16.1. The molecule has 7 nitrogen and oxygen atoms in total. The van der Waals surface area contributed by atoms with Crippen LogP contribution in [-0.2, 0) is 16.6 Å². The summed E-state index contributed by atoms with van der Waals surface area (Å²) in [6.45, 7) is 2.32. The van der Waals surface area contributed by atoms with Gasteiger partial charge in [-0.15, -0.1) is 0 Å². The van der Waals surface area contributed by atoms with Crippen molar-refractivity contribution in [3.8, 4) is 11.6 Å². The van der Waals surface area contributed by atoms with Gasteiger partial charge in [-0.2, -0.15) is 0 Å². The van der Waals surface area contributed by atoms with Crippen LogP contribution in [-0.4, -0.2) is 25.0 Å². The molecule has 0 atom stereocenters. The summed E-state index contributed by atoms with van der Waals surface area (Å²) in [6, 6.07) is 10.8. The van der Waals surface area contributed by atoms with Gasteiger partial charge in [0.15, 0.2) is 0 Å². The average Bonchev–Trinajstić information content (AvgIpc) is 2.70. The Bertz CT molecular complexity index is 1130. The molecule has 146 valence electrons. The molecule has 9 heteroatoms. The SMILES string of the molecule is CCn1ccnc(Oc2ccc(N(C)S(=O)(=O)c3ccc(F)cc3)cc2)c1=O. The van der Waals surface area contributed by atoms with Gasteiger partial charge in [-0.25, -0.2) is 17.8 Å².